The number of nitrogens with zero attached hydrogens (tertiary/aromatic N) is 2. The number of aliphatic imine (C=N–C) groups is 1. The summed E-state index contributed by atoms with van der Waals surface area (Å²) < 4.78 is 5.07. The van der Waals surface area contributed by atoms with Gasteiger partial charge in [-0.2, -0.15) is 0 Å². The second kappa shape index (κ2) is 9.04. The summed E-state index contributed by atoms with van der Waals surface area (Å²) in [6, 6.07) is 8.78. The molecular weight excluding hydrogens is 300 g/mol. The van der Waals surface area contributed by atoms with Gasteiger partial charge in [0.1, 0.15) is 0 Å². The second-order valence-corrected chi connectivity index (χ2v) is 6.95. The molecule has 5 heteroatoms. The maximum absolute atomic E-state index is 5.07. The van der Waals surface area contributed by atoms with E-state index in [1.807, 2.05) is 7.05 Å². The number of benzene rings is 1. The lowest BCUT2D eigenvalue weighted by atomic mass is 9.94. The van der Waals surface area contributed by atoms with Crippen LogP contribution < -0.4 is 10.6 Å². The number of guanidine groups is 1. The number of hydrogen-bond acceptors (Lipinski definition) is 3. The maximum atomic E-state index is 5.07. The van der Waals surface area contributed by atoms with E-state index in [1.165, 1.54) is 11.1 Å². The van der Waals surface area contributed by atoms with Crippen LogP contribution in [0.4, 0.5) is 0 Å². The summed E-state index contributed by atoms with van der Waals surface area (Å²) in [5, 5.41) is 6.80. The van der Waals surface area contributed by atoms with Crippen molar-refractivity contribution < 1.29 is 4.74 Å². The molecule has 0 radical (unpaired) electrons. The predicted octanol–water partition coefficient (Wildman–Crippen LogP) is 2.02. The van der Waals surface area contributed by atoms with Gasteiger partial charge in [0, 0.05) is 52.5 Å². The highest BCUT2D eigenvalue weighted by molar-refractivity contribution is 5.79. The van der Waals surface area contributed by atoms with Crippen LogP contribution >= 0.6 is 0 Å². The first kappa shape index (κ1) is 18.7. The monoisotopic (exact) mass is 332 g/mol. The molecule has 2 N–H and O–H groups in total. The molecule has 0 aliphatic carbocycles. The standard InChI is InChI=1S/C19H32N4O/c1-19(2,15-22-18(20-3)21-11-7-13-24-4)23-12-10-16-8-5-6-9-17(16)14-23/h5-6,8-9H,7,10-15H2,1-4H3,(H2,20,21,22). The van der Waals surface area contributed by atoms with Crippen molar-refractivity contribution in [3.63, 3.8) is 0 Å². The first-order valence-electron chi connectivity index (χ1n) is 8.82. The Morgan fingerprint density at radius 3 is 2.71 bits per heavy atom. The van der Waals surface area contributed by atoms with Crippen molar-refractivity contribution >= 4 is 5.96 Å². The number of nitrogens with one attached hydrogen (secondary N) is 2. The topological polar surface area (TPSA) is 48.9 Å². The van der Waals surface area contributed by atoms with Crippen LogP contribution in [0.3, 0.4) is 0 Å². The summed E-state index contributed by atoms with van der Waals surface area (Å²) in [6.07, 6.45) is 2.10. The Bertz CT molecular complexity index is 542. The van der Waals surface area contributed by atoms with Gasteiger partial charge in [-0.3, -0.25) is 9.89 Å². The molecule has 1 heterocycles. The minimum Gasteiger partial charge on any atom is -0.385 e. The maximum Gasteiger partial charge on any atom is 0.191 e. The van der Waals surface area contributed by atoms with Crippen LogP contribution in [0, 0.1) is 0 Å². The first-order valence-corrected chi connectivity index (χ1v) is 8.82. The zero-order valence-electron chi connectivity index (χ0n) is 15.6. The fourth-order valence-electron chi connectivity index (χ4n) is 3.07. The first-order chi connectivity index (χ1) is 11.6. The van der Waals surface area contributed by atoms with E-state index >= 15 is 0 Å². The highest BCUT2D eigenvalue weighted by Crippen LogP contribution is 2.24. The van der Waals surface area contributed by atoms with E-state index < -0.39 is 0 Å². The van der Waals surface area contributed by atoms with Crippen molar-refractivity contribution in [1.82, 2.24) is 15.5 Å². The molecule has 0 amide bonds. The van der Waals surface area contributed by atoms with E-state index in [4.69, 9.17) is 4.74 Å². The SMILES string of the molecule is CN=C(NCCCOC)NCC(C)(C)N1CCc2ccccc2C1. The second-order valence-electron chi connectivity index (χ2n) is 6.95. The smallest absolute Gasteiger partial charge is 0.191 e. The van der Waals surface area contributed by atoms with Crippen molar-refractivity contribution in [3.05, 3.63) is 35.4 Å². The lowest BCUT2D eigenvalue weighted by Crippen LogP contribution is -2.54. The van der Waals surface area contributed by atoms with Crippen LogP contribution in [0.15, 0.2) is 29.3 Å². The van der Waals surface area contributed by atoms with Crippen molar-refractivity contribution in [2.75, 3.05) is 40.4 Å². The Balaban J connectivity index is 1.84. The van der Waals surface area contributed by atoms with E-state index in [0.29, 0.717) is 0 Å². The normalized spacial score (nSPS) is 15.9. The third kappa shape index (κ3) is 5.21. The van der Waals surface area contributed by atoms with Crippen LogP contribution in [-0.4, -0.2) is 56.8 Å². The van der Waals surface area contributed by atoms with E-state index in [1.54, 1.807) is 7.11 Å². The summed E-state index contributed by atoms with van der Waals surface area (Å²) in [4.78, 5) is 6.86. The Morgan fingerprint density at radius 2 is 2.00 bits per heavy atom. The molecular formula is C19H32N4O. The van der Waals surface area contributed by atoms with Gasteiger partial charge in [0.05, 0.1) is 0 Å². The predicted molar refractivity (Wildman–Crippen MR) is 100 cm³/mol. The van der Waals surface area contributed by atoms with Crippen LogP contribution in [0.25, 0.3) is 0 Å². The van der Waals surface area contributed by atoms with Gasteiger partial charge in [-0.15, -0.1) is 0 Å². The summed E-state index contributed by atoms with van der Waals surface area (Å²) >= 11 is 0. The molecule has 0 saturated heterocycles. The van der Waals surface area contributed by atoms with Crippen molar-refractivity contribution in [2.45, 2.75) is 38.8 Å². The van der Waals surface area contributed by atoms with Gasteiger partial charge in [0.15, 0.2) is 5.96 Å². The van der Waals surface area contributed by atoms with Crippen LogP contribution in [0.5, 0.6) is 0 Å². The molecule has 1 aliphatic heterocycles. The van der Waals surface area contributed by atoms with Gasteiger partial charge in [0.25, 0.3) is 0 Å². The van der Waals surface area contributed by atoms with Gasteiger partial charge in [0.2, 0.25) is 0 Å². The number of hydrogen-bond donors (Lipinski definition) is 2. The number of methoxy groups -OCH3 is 1. The number of fused-ring (bicyclic) bond motifs is 1. The molecule has 24 heavy (non-hydrogen) atoms. The van der Waals surface area contributed by atoms with Gasteiger partial charge >= 0.3 is 0 Å². The molecule has 1 aromatic rings. The van der Waals surface area contributed by atoms with Crippen molar-refractivity contribution in [2.24, 2.45) is 4.99 Å². The quantitative estimate of drug-likeness (QED) is 0.456. The molecule has 1 aliphatic rings. The molecule has 0 bridgehead atoms. The molecule has 0 spiro atoms. The minimum absolute atomic E-state index is 0.0671. The molecule has 5 nitrogen and oxygen atoms in total. The lowest BCUT2D eigenvalue weighted by Gasteiger charge is -2.42. The zero-order chi connectivity index (χ0) is 17.4. The summed E-state index contributed by atoms with van der Waals surface area (Å²) in [6.45, 7) is 9.21. The highest BCUT2D eigenvalue weighted by atomic mass is 16.5. The van der Waals surface area contributed by atoms with Gasteiger partial charge < -0.3 is 15.4 Å². The summed E-state index contributed by atoms with van der Waals surface area (Å²) in [5.74, 6) is 0.858. The van der Waals surface area contributed by atoms with Crippen LogP contribution in [-0.2, 0) is 17.7 Å². The minimum atomic E-state index is 0.0671. The number of ether oxygens (including phenoxy) is 1. The Morgan fingerprint density at radius 1 is 1.25 bits per heavy atom. The largest absolute Gasteiger partial charge is 0.385 e. The Kier molecular flexibility index (Phi) is 7.06. The summed E-state index contributed by atoms with van der Waals surface area (Å²) in [7, 11) is 3.54. The molecule has 2 rings (SSSR count). The molecule has 0 aromatic heterocycles. The molecule has 0 unspecified atom stereocenters. The number of rotatable bonds is 7. The van der Waals surface area contributed by atoms with Crippen LogP contribution in [0.2, 0.25) is 0 Å². The third-order valence-corrected chi connectivity index (χ3v) is 4.72. The molecule has 0 saturated carbocycles. The Hall–Kier alpha value is -1.59. The lowest BCUT2D eigenvalue weighted by molar-refractivity contribution is 0.107. The zero-order valence-corrected chi connectivity index (χ0v) is 15.6. The van der Waals surface area contributed by atoms with E-state index in [0.717, 1.165) is 51.6 Å². The van der Waals surface area contributed by atoms with Crippen molar-refractivity contribution in [3.8, 4) is 0 Å². The molecule has 0 atom stereocenters. The molecule has 1 aromatic carbocycles. The van der Waals surface area contributed by atoms with E-state index in [9.17, 15) is 0 Å². The Labute approximate surface area is 146 Å². The molecule has 134 valence electrons. The average molecular weight is 332 g/mol. The van der Waals surface area contributed by atoms with Crippen molar-refractivity contribution in [1.29, 1.82) is 0 Å². The average Bonchev–Trinajstić information content (AvgIpc) is 2.60. The third-order valence-electron chi connectivity index (χ3n) is 4.72. The van der Waals surface area contributed by atoms with E-state index in [-0.39, 0.29) is 5.54 Å². The molecule has 0 fully saturated rings. The summed E-state index contributed by atoms with van der Waals surface area (Å²) in [5.41, 5.74) is 3.02. The van der Waals surface area contributed by atoms with Gasteiger partial charge in [-0.05, 0) is 37.8 Å². The van der Waals surface area contributed by atoms with Gasteiger partial charge in [-0.25, -0.2) is 0 Å². The fraction of sp³-hybridized carbons (Fsp3) is 0.632. The van der Waals surface area contributed by atoms with E-state index in [2.05, 4.69) is 58.6 Å². The highest BCUT2D eigenvalue weighted by Gasteiger charge is 2.29. The van der Waals surface area contributed by atoms with Crippen LogP contribution in [0.1, 0.15) is 31.4 Å². The van der Waals surface area contributed by atoms with Gasteiger partial charge in [-0.1, -0.05) is 24.3 Å². The fourth-order valence-corrected chi connectivity index (χ4v) is 3.07.